The van der Waals surface area contributed by atoms with E-state index in [1.165, 1.54) is 218 Å². The Kier molecular flexibility index (Phi) is 30.4. The third-order valence-electron chi connectivity index (χ3n) is 9.75. The predicted octanol–water partition coefficient (Wildman–Crippen LogP) is 14.1. The summed E-state index contributed by atoms with van der Waals surface area (Å²) in [4.78, 5) is 0. The summed E-state index contributed by atoms with van der Waals surface area (Å²) >= 11 is 0. The topological polar surface area (TPSA) is 3.88 Å². The zero-order valence-electron chi connectivity index (χ0n) is 30.2. The molecule has 0 radical (unpaired) electrons. The summed E-state index contributed by atoms with van der Waals surface area (Å²) in [6.07, 6.45) is 53.6. The molecule has 1 heteroatoms. The summed E-state index contributed by atoms with van der Waals surface area (Å²) in [6.45, 7) is 4.61. The minimum Gasteiger partial charge on any atom is -0.207 e. The zero-order chi connectivity index (χ0) is 30.9. The highest BCUT2D eigenvalue weighted by Gasteiger charge is 2.05. The number of aromatic nitrogens is 1. The zero-order valence-corrected chi connectivity index (χ0v) is 30.2. The third-order valence-corrected chi connectivity index (χ3v) is 9.75. The average Bonchev–Trinajstić information content (AvgIpc) is 3.00. The Morgan fingerprint density at radius 3 is 0.767 bits per heavy atom. The van der Waals surface area contributed by atoms with Crippen LogP contribution in [-0.2, 0) is 19.9 Å². The highest BCUT2D eigenvalue weighted by atomic mass is 14.9. The second kappa shape index (κ2) is 32.5. The van der Waals surface area contributed by atoms with Crippen LogP contribution in [0.25, 0.3) is 0 Å². The third kappa shape index (κ3) is 28.4. The van der Waals surface area contributed by atoms with E-state index in [1.54, 1.807) is 11.1 Å². The van der Waals surface area contributed by atoms with Crippen LogP contribution in [0.1, 0.15) is 230 Å². The summed E-state index contributed by atoms with van der Waals surface area (Å²) in [7, 11) is 2.22. The van der Waals surface area contributed by atoms with Gasteiger partial charge in [0, 0.05) is 11.1 Å². The van der Waals surface area contributed by atoms with Gasteiger partial charge in [0.05, 0.1) is 0 Å². The average molecular weight is 599 g/mol. The van der Waals surface area contributed by atoms with Crippen molar-refractivity contribution in [3.63, 3.8) is 0 Å². The molecule has 0 fully saturated rings. The van der Waals surface area contributed by atoms with Crippen LogP contribution < -0.4 is 4.57 Å². The molecule has 0 amide bonds. The largest absolute Gasteiger partial charge is 0.207 e. The van der Waals surface area contributed by atoms with E-state index in [0.717, 1.165) is 0 Å². The lowest BCUT2D eigenvalue weighted by molar-refractivity contribution is -0.672. The Labute approximate surface area is 272 Å². The standard InChI is InChI=1S/C42H80N/c1-4-6-8-10-12-14-16-18-20-22-24-26-28-30-32-34-36-41-38-42(40-43(3)39-41)37-35-33-31-29-27-25-23-21-19-17-15-13-11-9-7-5-2/h38-40H,4-37H2,1-3H3/q+1. The van der Waals surface area contributed by atoms with Gasteiger partial charge >= 0.3 is 0 Å². The molecule has 1 heterocycles. The molecular weight excluding hydrogens is 518 g/mol. The molecule has 0 saturated carbocycles. The van der Waals surface area contributed by atoms with E-state index < -0.39 is 0 Å². The fourth-order valence-corrected chi connectivity index (χ4v) is 6.90. The summed E-state index contributed by atoms with van der Waals surface area (Å²) in [6, 6.07) is 2.51. The molecule has 0 aliphatic rings. The molecule has 0 aliphatic heterocycles. The van der Waals surface area contributed by atoms with Crippen molar-refractivity contribution in [2.75, 3.05) is 0 Å². The van der Waals surface area contributed by atoms with Crippen molar-refractivity contribution in [2.45, 2.75) is 232 Å². The minimum absolute atomic E-state index is 1.26. The van der Waals surface area contributed by atoms with Gasteiger partial charge in [-0.25, -0.2) is 4.57 Å². The van der Waals surface area contributed by atoms with E-state index in [9.17, 15) is 0 Å². The van der Waals surface area contributed by atoms with E-state index in [2.05, 4.69) is 43.9 Å². The molecule has 252 valence electrons. The fourth-order valence-electron chi connectivity index (χ4n) is 6.90. The van der Waals surface area contributed by atoms with Gasteiger partial charge in [0.25, 0.3) is 0 Å². The van der Waals surface area contributed by atoms with Crippen molar-refractivity contribution in [3.05, 3.63) is 29.6 Å². The number of unbranched alkanes of at least 4 members (excludes halogenated alkanes) is 30. The maximum Gasteiger partial charge on any atom is 0.171 e. The molecule has 1 rings (SSSR count). The Morgan fingerprint density at radius 1 is 0.326 bits per heavy atom. The van der Waals surface area contributed by atoms with Gasteiger partial charge in [-0.1, -0.05) is 206 Å². The first kappa shape index (κ1) is 40.2. The van der Waals surface area contributed by atoms with Crippen molar-refractivity contribution in [1.82, 2.24) is 0 Å². The van der Waals surface area contributed by atoms with Crippen LogP contribution >= 0.6 is 0 Å². The normalized spacial score (nSPS) is 11.5. The Hall–Kier alpha value is -0.850. The molecule has 1 nitrogen and oxygen atoms in total. The summed E-state index contributed by atoms with van der Waals surface area (Å²) < 4.78 is 2.31. The van der Waals surface area contributed by atoms with Crippen LogP contribution in [0.3, 0.4) is 0 Å². The lowest BCUT2D eigenvalue weighted by atomic mass is 10.0. The van der Waals surface area contributed by atoms with E-state index in [4.69, 9.17) is 0 Å². The molecule has 0 bridgehead atoms. The lowest BCUT2D eigenvalue weighted by Gasteiger charge is -2.06. The molecule has 0 spiro atoms. The van der Waals surface area contributed by atoms with E-state index >= 15 is 0 Å². The van der Waals surface area contributed by atoms with Crippen molar-refractivity contribution >= 4 is 0 Å². The Balaban J connectivity index is 1.91. The van der Waals surface area contributed by atoms with Gasteiger partial charge in [0.15, 0.2) is 12.4 Å². The predicted molar refractivity (Wildman–Crippen MR) is 194 cm³/mol. The maximum absolute atomic E-state index is 2.51. The number of aryl methyl sites for hydroxylation is 3. The lowest BCUT2D eigenvalue weighted by Crippen LogP contribution is -2.28. The molecule has 1 aromatic heterocycles. The molecule has 0 saturated heterocycles. The highest BCUT2D eigenvalue weighted by molar-refractivity contribution is 5.15. The van der Waals surface area contributed by atoms with Crippen molar-refractivity contribution < 1.29 is 4.57 Å². The first-order valence-corrected chi connectivity index (χ1v) is 20.2. The van der Waals surface area contributed by atoms with Gasteiger partial charge in [-0.3, -0.25) is 0 Å². The smallest absolute Gasteiger partial charge is 0.171 e. The van der Waals surface area contributed by atoms with Crippen molar-refractivity contribution in [1.29, 1.82) is 0 Å². The van der Waals surface area contributed by atoms with E-state index in [1.807, 2.05) is 0 Å². The molecule has 0 aliphatic carbocycles. The van der Waals surface area contributed by atoms with Gasteiger partial charge in [-0.2, -0.15) is 0 Å². The van der Waals surface area contributed by atoms with Gasteiger partial charge in [-0.05, 0) is 31.7 Å². The molecule has 0 N–H and O–H groups in total. The first-order chi connectivity index (χ1) is 21.3. The SMILES string of the molecule is CCCCCCCCCCCCCCCCCCc1cc(CCCCCCCCCCCCCCCCCC)c[n+](C)c1. The summed E-state index contributed by atoms with van der Waals surface area (Å²) in [5.41, 5.74) is 3.11. The quantitative estimate of drug-likeness (QED) is 0.0549. The number of hydrogen-bond acceptors (Lipinski definition) is 0. The second-order valence-electron chi connectivity index (χ2n) is 14.3. The highest BCUT2D eigenvalue weighted by Crippen LogP contribution is 2.17. The number of pyridine rings is 1. The summed E-state index contributed by atoms with van der Waals surface area (Å²) in [5.74, 6) is 0. The molecule has 0 unspecified atom stereocenters. The number of hydrogen-bond donors (Lipinski definition) is 0. The fraction of sp³-hybridized carbons (Fsp3) is 0.881. The van der Waals surface area contributed by atoms with Gasteiger partial charge in [0.2, 0.25) is 0 Å². The van der Waals surface area contributed by atoms with Crippen LogP contribution in [-0.4, -0.2) is 0 Å². The van der Waals surface area contributed by atoms with Gasteiger partial charge in [0.1, 0.15) is 7.05 Å². The maximum atomic E-state index is 2.51. The van der Waals surface area contributed by atoms with Crippen LogP contribution in [0, 0.1) is 0 Å². The number of rotatable bonds is 34. The van der Waals surface area contributed by atoms with Gasteiger partial charge < -0.3 is 0 Å². The van der Waals surface area contributed by atoms with Crippen LogP contribution in [0.15, 0.2) is 18.5 Å². The molecule has 1 aromatic rings. The number of nitrogens with zero attached hydrogens (tertiary/aromatic N) is 1. The van der Waals surface area contributed by atoms with Gasteiger partial charge in [-0.15, -0.1) is 0 Å². The molecule has 43 heavy (non-hydrogen) atoms. The molecule has 0 aromatic carbocycles. The summed E-state index contributed by atoms with van der Waals surface area (Å²) in [5, 5.41) is 0. The second-order valence-corrected chi connectivity index (χ2v) is 14.3. The minimum atomic E-state index is 1.26. The first-order valence-electron chi connectivity index (χ1n) is 20.2. The van der Waals surface area contributed by atoms with Crippen molar-refractivity contribution in [3.8, 4) is 0 Å². The molecule has 0 atom stereocenters. The van der Waals surface area contributed by atoms with Crippen LogP contribution in [0.5, 0.6) is 0 Å². The molecular formula is C42H80N+. The Morgan fingerprint density at radius 2 is 0.535 bits per heavy atom. The van der Waals surface area contributed by atoms with Crippen LogP contribution in [0.4, 0.5) is 0 Å². The Bertz CT molecular complexity index is 625. The monoisotopic (exact) mass is 599 g/mol. The van der Waals surface area contributed by atoms with Crippen molar-refractivity contribution in [2.24, 2.45) is 7.05 Å². The van der Waals surface area contributed by atoms with E-state index in [-0.39, 0.29) is 0 Å². The van der Waals surface area contributed by atoms with E-state index in [0.29, 0.717) is 0 Å². The van der Waals surface area contributed by atoms with Crippen LogP contribution in [0.2, 0.25) is 0 Å².